The van der Waals surface area contributed by atoms with Gasteiger partial charge in [0.2, 0.25) is 0 Å². The largest absolute Gasteiger partial charge is 0.339 e. The summed E-state index contributed by atoms with van der Waals surface area (Å²) >= 11 is 0. The van der Waals surface area contributed by atoms with Gasteiger partial charge in [-0.3, -0.25) is 19.7 Å². The van der Waals surface area contributed by atoms with E-state index in [0.29, 0.717) is 0 Å². The maximum Gasteiger partial charge on any atom is 0.271 e. The first-order chi connectivity index (χ1) is 9.99. The lowest BCUT2D eigenvalue weighted by Gasteiger charge is -2.05. The molecule has 21 heavy (non-hydrogen) atoms. The Bertz CT molecular complexity index is 623. The number of carbonyl (C=O) groups is 2. The maximum absolute atomic E-state index is 11.7. The van der Waals surface area contributed by atoms with Gasteiger partial charge in [0, 0.05) is 23.3 Å². The topological polar surface area (TPSA) is 149 Å². The van der Waals surface area contributed by atoms with Gasteiger partial charge < -0.3 is 10.6 Å². The summed E-state index contributed by atoms with van der Waals surface area (Å²) < 4.78 is 0. The Hall–Kier alpha value is -3.46. The molecule has 0 aromatic heterocycles. The minimum Gasteiger partial charge on any atom is -0.339 e. The van der Waals surface area contributed by atoms with Gasteiger partial charge in [0.1, 0.15) is 13.1 Å². The second-order valence-electron chi connectivity index (χ2n) is 3.71. The fourth-order valence-corrected chi connectivity index (χ4v) is 1.42. The van der Waals surface area contributed by atoms with Gasteiger partial charge in [-0.05, 0) is 6.07 Å². The molecule has 0 aliphatic heterocycles. The lowest BCUT2D eigenvalue weighted by molar-refractivity contribution is -0.384. The van der Waals surface area contributed by atoms with Crippen molar-refractivity contribution in [3.05, 3.63) is 39.4 Å². The number of amides is 2. The van der Waals surface area contributed by atoms with E-state index in [1.807, 2.05) is 0 Å². The summed E-state index contributed by atoms with van der Waals surface area (Å²) in [6.07, 6.45) is 0. The van der Waals surface area contributed by atoms with Crippen LogP contribution in [0.1, 0.15) is 20.7 Å². The molecule has 0 spiro atoms. The number of nitrogens with zero attached hydrogens (tertiary/aromatic N) is 3. The Kier molecular flexibility index (Phi) is 5.35. The highest BCUT2D eigenvalue weighted by molar-refractivity contribution is 6.00. The predicted molar refractivity (Wildman–Crippen MR) is 69.0 cm³/mol. The first kappa shape index (κ1) is 15.6. The van der Waals surface area contributed by atoms with E-state index in [2.05, 4.69) is 10.6 Å². The normalized spacial score (nSPS) is 9.05. The molecule has 1 aromatic carbocycles. The van der Waals surface area contributed by atoms with Crippen LogP contribution in [-0.2, 0) is 0 Å². The molecular formula is C12H9N5O4. The molecule has 0 heterocycles. The first-order valence-electron chi connectivity index (χ1n) is 5.59. The average Bonchev–Trinajstić information content (AvgIpc) is 2.49. The molecular weight excluding hydrogens is 278 g/mol. The summed E-state index contributed by atoms with van der Waals surface area (Å²) in [5, 5.41) is 32.0. The van der Waals surface area contributed by atoms with Crippen molar-refractivity contribution in [3.63, 3.8) is 0 Å². The second-order valence-corrected chi connectivity index (χ2v) is 3.71. The minimum absolute atomic E-state index is 0.124. The zero-order chi connectivity index (χ0) is 15.8. The highest BCUT2D eigenvalue weighted by atomic mass is 16.6. The Balaban J connectivity index is 3.15. The molecule has 0 aliphatic carbocycles. The minimum atomic E-state index is -0.748. The van der Waals surface area contributed by atoms with Gasteiger partial charge in [-0.25, -0.2) is 0 Å². The van der Waals surface area contributed by atoms with Crippen LogP contribution in [0.25, 0.3) is 0 Å². The summed E-state index contributed by atoms with van der Waals surface area (Å²) in [5.74, 6) is -1.43. The molecule has 0 fully saturated rings. The Morgan fingerprint density at radius 3 is 1.81 bits per heavy atom. The van der Waals surface area contributed by atoms with Crippen LogP contribution < -0.4 is 10.6 Å². The summed E-state index contributed by atoms with van der Waals surface area (Å²) in [6, 6.07) is 6.51. The lowest BCUT2D eigenvalue weighted by atomic mass is 10.1. The van der Waals surface area contributed by atoms with Gasteiger partial charge in [0.05, 0.1) is 17.1 Å². The van der Waals surface area contributed by atoms with E-state index in [0.717, 1.165) is 18.2 Å². The molecule has 0 aliphatic rings. The molecule has 106 valence electrons. The number of hydrogen-bond acceptors (Lipinski definition) is 6. The number of nitro groups is 1. The molecule has 0 saturated heterocycles. The molecule has 1 aromatic rings. The van der Waals surface area contributed by atoms with E-state index < -0.39 is 22.4 Å². The van der Waals surface area contributed by atoms with Gasteiger partial charge in [-0.1, -0.05) is 0 Å². The molecule has 2 amide bonds. The number of carbonyl (C=O) groups excluding carboxylic acids is 2. The van der Waals surface area contributed by atoms with Crippen LogP contribution in [0, 0.1) is 32.8 Å². The standard InChI is InChI=1S/C12H9N5O4/c13-1-3-15-11(18)8-5-9(12(19)16-4-2-14)7-10(6-8)17(20)21/h5-7H,3-4H2,(H,15,18)(H,16,19). The second kappa shape index (κ2) is 7.21. The average molecular weight is 287 g/mol. The molecule has 0 saturated carbocycles. The molecule has 1 rings (SSSR count). The predicted octanol–water partition coefficient (Wildman–Crippen LogP) is 0.102. The van der Waals surface area contributed by atoms with Crippen LogP contribution in [0.4, 0.5) is 5.69 Å². The van der Waals surface area contributed by atoms with Crippen molar-refractivity contribution < 1.29 is 14.5 Å². The van der Waals surface area contributed by atoms with E-state index in [1.54, 1.807) is 12.1 Å². The van der Waals surface area contributed by atoms with E-state index >= 15 is 0 Å². The van der Waals surface area contributed by atoms with E-state index in [9.17, 15) is 19.7 Å². The van der Waals surface area contributed by atoms with Crippen LogP contribution in [0.15, 0.2) is 18.2 Å². The molecule has 9 heteroatoms. The Morgan fingerprint density at radius 1 is 1.05 bits per heavy atom. The summed E-state index contributed by atoms with van der Waals surface area (Å²) in [6.45, 7) is -0.533. The van der Waals surface area contributed by atoms with Crippen LogP contribution >= 0.6 is 0 Å². The van der Waals surface area contributed by atoms with Crippen LogP contribution in [-0.4, -0.2) is 29.8 Å². The van der Waals surface area contributed by atoms with Gasteiger partial charge in [0.25, 0.3) is 17.5 Å². The van der Waals surface area contributed by atoms with E-state index in [4.69, 9.17) is 10.5 Å². The third kappa shape index (κ3) is 4.29. The highest BCUT2D eigenvalue weighted by Gasteiger charge is 2.17. The lowest BCUT2D eigenvalue weighted by Crippen LogP contribution is -2.26. The fourth-order valence-electron chi connectivity index (χ4n) is 1.42. The molecule has 0 radical (unpaired) electrons. The van der Waals surface area contributed by atoms with E-state index in [1.165, 1.54) is 0 Å². The zero-order valence-electron chi connectivity index (χ0n) is 10.6. The molecule has 9 nitrogen and oxygen atoms in total. The number of nitriles is 2. The number of nitrogens with one attached hydrogen (secondary N) is 2. The molecule has 0 unspecified atom stereocenters. The van der Waals surface area contributed by atoms with Gasteiger partial charge in [-0.15, -0.1) is 0 Å². The van der Waals surface area contributed by atoms with Crippen molar-refractivity contribution in [3.8, 4) is 12.1 Å². The molecule has 0 bridgehead atoms. The third-order valence-electron chi connectivity index (χ3n) is 2.31. The molecule has 0 atom stereocenters. The van der Waals surface area contributed by atoms with Gasteiger partial charge in [-0.2, -0.15) is 10.5 Å². The highest BCUT2D eigenvalue weighted by Crippen LogP contribution is 2.17. The van der Waals surface area contributed by atoms with E-state index in [-0.39, 0.29) is 24.2 Å². The van der Waals surface area contributed by atoms with Gasteiger partial charge >= 0.3 is 0 Å². The zero-order valence-corrected chi connectivity index (χ0v) is 10.6. The number of rotatable bonds is 5. The quantitative estimate of drug-likeness (QED) is 0.445. The van der Waals surface area contributed by atoms with Crippen molar-refractivity contribution in [2.45, 2.75) is 0 Å². The SMILES string of the molecule is N#CCNC(=O)c1cc(C(=O)NCC#N)cc([N+](=O)[O-])c1. The summed E-state index contributed by atoms with van der Waals surface area (Å²) in [4.78, 5) is 33.5. The first-order valence-corrected chi connectivity index (χ1v) is 5.59. The van der Waals surface area contributed by atoms with Crippen molar-refractivity contribution in [1.82, 2.24) is 10.6 Å². The van der Waals surface area contributed by atoms with Crippen LogP contribution in [0.3, 0.4) is 0 Å². The Morgan fingerprint density at radius 2 is 1.48 bits per heavy atom. The maximum atomic E-state index is 11.7. The Labute approximate surface area is 118 Å². The van der Waals surface area contributed by atoms with Crippen molar-refractivity contribution >= 4 is 17.5 Å². The number of non-ortho nitro benzene ring substituents is 1. The van der Waals surface area contributed by atoms with Gasteiger partial charge in [0.15, 0.2) is 0 Å². The summed E-state index contributed by atoms with van der Waals surface area (Å²) in [7, 11) is 0. The summed E-state index contributed by atoms with van der Waals surface area (Å²) in [5.41, 5.74) is -0.690. The number of nitro benzene ring substituents is 1. The number of benzene rings is 1. The molecule has 2 N–H and O–H groups in total. The number of hydrogen-bond donors (Lipinski definition) is 2. The smallest absolute Gasteiger partial charge is 0.271 e. The van der Waals surface area contributed by atoms with Crippen molar-refractivity contribution in [1.29, 1.82) is 10.5 Å². The fraction of sp³-hybridized carbons (Fsp3) is 0.167. The van der Waals surface area contributed by atoms with Crippen LogP contribution in [0.5, 0.6) is 0 Å². The van der Waals surface area contributed by atoms with Crippen molar-refractivity contribution in [2.75, 3.05) is 13.1 Å². The van der Waals surface area contributed by atoms with Crippen molar-refractivity contribution in [2.24, 2.45) is 0 Å². The van der Waals surface area contributed by atoms with Crippen LogP contribution in [0.2, 0.25) is 0 Å². The third-order valence-corrected chi connectivity index (χ3v) is 2.31. The monoisotopic (exact) mass is 287 g/mol.